The van der Waals surface area contributed by atoms with Gasteiger partial charge in [-0.2, -0.15) is 5.26 Å². The van der Waals surface area contributed by atoms with Gasteiger partial charge in [0.25, 0.3) is 0 Å². The van der Waals surface area contributed by atoms with Crippen molar-refractivity contribution in [2.24, 2.45) is 11.8 Å². The molecule has 1 amide bonds. The molecular weight excluding hydrogens is 380 g/mol. The summed E-state index contributed by atoms with van der Waals surface area (Å²) in [5, 5.41) is 13.1. The van der Waals surface area contributed by atoms with Crippen molar-refractivity contribution in [1.29, 1.82) is 5.26 Å². The van der Waals surface area contributed by atoms with E-state index in [9.17, 15) is 10.1 Å². The Hall–Kier alpha value is -2.31. The molecule has 0 bridgehead atoms. The Bertz CT molecular complexity index is 852. The first-order chi connectivity index (χ1) is 14.1. The van der Waals surface area contributed by atoms with Crippen molar-refractivity contribution in [1.82, 2.24) is 5.32 Å². The Kier molecular flexibility index (Phi) is 7.72. The number of nitrogens with zero attached hydrogens (tertiary/aromatic N) is 1. The number of carbonyl (C=O) groups excluding carboxylic acids is 1. The van der Waals surface area contributed by atoms with Gasteiger partial charge in [-0.1, -0.05) is 49.2 Å². The van der Waals surface area contributed by atoms with E-state index in [-0.39, 0.29) is 11.8 Å². The monoisotopic (exact) mass is 408 g/mol. The number of rotatable bonds is 9. The molecule has 1 saturated carbocycles. The molecule has 1 fully saturated rings. The lowest BCUT2D eigenvalue weighted by molar-refractivity contribution is -0.127. The summed E-state index contributed by atoms with van der Waals surface area (Å²) in [4.78, 5) is 12.0. The maximum absolute atomic E-state index is 12.0. The van der Waals surface area contributed by atoms with Crippen molar-refractivity contribution in [3.63, 3.8) is 0 Å². The minimum atomic E-state index is 0.225. The van der Waals surface area contributed by atoms with Crippen molar-refractivity contribution < 1.29 is 4.79 Å². The van der Waals surface area contributed by atoms with E-state index < -0.39 is 0 Å². The van der Waals surface area contributed by atoms with Crippen LogP contribution in [-0.4, -0.2) is 12.5 Å². The minimum Gasteiger partial charge on any atom is -0.356 e. The van der Waals surface area contributed by atoms with E-state index in [0.29, 0.717) is 17.4 Å². The van der Waals surface area contributed by atoms with Crippen LogP contribution in [0, 0.1) is 23.2 Å². The van der Waals surface area contributed by atoms with Crippen molar-refractivity contribution in [3.8, 4) is 6.07 Å². The summed E-state index contributed by atoms with van der Waals surface area (Å²) in [7, 11) is 0. The molecule has 2 atom stereocenters. The lowest BCUT2D eigenvalue weighted by Crippen LogP contribution is -2.35. The summed E-state index contributed by atoms with van der Waals surface area (Å²) in [5.74, 6) is 1.22. The van der Waals surface area contributed by atoms with Gasteiger partial charge < -0.3 is 5.32 Å². The van der Waals surface area contributed by atoms with Gasteiger partial charge in [0.05, 0.1) is 11.6 Å². The predicted molar refractivity (Wildman–Crippen MR) is 118 cm³/mol. The lowest BCUT2D eigenvalue weighted by Gasteiger charge is -2.26. The molecule has 29 heavy (non-hydrogen) atoms. The highest BCUT2D eigenvalue weighted by Crippen LogP contribution is 2.32. The van der Waals surface area contributed by atoms with Crippen molar-refractivity contribution in [3.05, 3.63) is 70.2 Å². The second-order valence-corrected chi connectivity index (χ2v) is 8.65. The first kappa shape index (κ1) is 21.4. The van der Waals surface area contributed by atoms with Crippen LogP contribution in [0.3, 0.4) is 0 Å². The summed E-state index contributed by atoms with van der Waals surface area (Å²) < 4.78 is 0. The lowest BCUT2D eigenvalue weighted by atomic mass is 9.80. The Morgan fingerprint density at radius 3 is 2.66 bits per heavy atom. The highest BCUT2D eigenvalue weighted by atomic mass is 35.5. The third kappa shape index (κ3) is 6.08. The molecule has 1 aliphatic carbocycles. The summed E-state index contributed by atoms with van der Waals surface area (Å²) in [5.41, 5.74) is 3.14. The fraction of sp³-hybridized carbons (Fsp3) is 0.440. The first-order valence-electron chi connectivity index (χ1n) is 10.6. The average molecular weight is 409 g/mol. The maximum Gasteiger partial charge on any atom is 0.223 e. The largest absolute Gasteiger partial charge is 0.356 e. The smallest absolute Gasteiger partial charge is 0.223 e. The molecule has 0 aliphatic heterocycles. The third-order valence-corrected chi connectivity index (χ3v) is 6.36. The predicted octanol–water partition coefficient (Wildman–Crippen LogP) is 5.87. The van der Waals surface area contributed by atoms with Gasteiger partial charge in [-0.15, -0.1) is 0 Å². The Morgan fingerprint density at radius 1 is 1.24 bits per heavy atom. The topological polar surface area (TPSA) is 52.9 Å². The second-order valence-electron chi connectivity index (χ2n) is 8.21. The Labute approximate surface area is 179 Å². The van der Waals surface area contributed by atoms with Crippen LogP contribution in [0.15, 0.2) is 48.5 Å². The van der Waals surface area contributed by atoms with E-state index in [1.165, 1.54) is 17.5 Å². The number of halogens is 1. The fourth-order valence-electron chi connectivity index (χ4n) is 4.01. The molecule has 3 nitrogen and oxygen atoms in total. The van der Waals surface area contributed by atoms with E-state index in [0.717, 1.165) is 43.7 Å². The molecule has 1 N–H and O–H groups in total. The first-order valence-corrected chi connectivity index (χ1v) is 11.0. The van der Waals surface area contributed by atoms with E-state index in [4.69, 9.17) is 11.6 Å². The standard InChI is InChI=1S/C25H29ClN2O/c1-18(5-4-14-28-25(29)21-7-3-8-21)24(16-19-10-12-23(26)13-11-19)22-9-2-6-20(15-22)17-27/h2,6,9-13,15,18,21,24H,3-5,7-8,14,16H2,1H3,(H,28,29)/t18?,24-/m0/s1. The van der Waals surface area contributed by atoms with Crippen LogP contribution in [-0.2, 0) is 11.2 Å². The molecule has 0 spiro atoms. The average Bonchev–Trinajstić information content (AvgIpc) is 2.69. The molecule has 0 radical (unpaired) electrons. The van der Waals surface area contributed by atoms with Gasteiger partial charge in [-0.05, 0) is 79.3 Å². The Morgan fingerprint density at radius 2 is 2.00 bits per heavy atom. The number of carbonyl (C=O) groups is 1. The molecular formula is C25H29ClN2O. The van der Waals surface area contributed by atoms with Crippen LogP contribution in [0.1, 0.15) is 61.6 Å². The van der Waals surface area contributed by atoms with Crippen LogP contribution >= 0.6 is 11.6 Å². The molecule has 0 heterocycles. The molecule has 2 aromatic rings. The van der Waals surface area contributed by atoms with E-state index in [1.54, 1.807) is 0 Å². The van der Waals surface area contributed by atoms with Crippen LogP contribution in [0.25, 0.3) is 0 Å². The zero-order valence-electron chi connectivity index (χ0n) is 17.0. The summed E-state index contributed by atoms with van der Waals surface area (Å²) >= 11 is 6.04. The normalized spacial score (nSPS) is 15.8. The minimum absolute atomic E-state index is 0.225. The molecule has 0 aromatic heterocycles. The summed E-state index contributed by atoms with van der Waals surface area (Å²) in [6.45, 7) is 3.01. The molecule has 3 rings (SSSR count). The van der Waals surface area contributed by atoms with Gasteiger partial charge in [-0.3, -0.25) is 4.79 Å². The van der Waals surface area contributed by atoms with Gasteiger partial charge in [0.2, 0.25) is 5.91 Å². The van der Waals surface area contributed by atoms with Gasteiger partial charge in [0.1, 0.15) is 0 Å². The number of hydrogen-bond acceptors (Lipinski definition) is 2. The SMILES string of the molecule is CC(CCCNC(=O)C1CCC1)[C@H](Cc1ccc(Cl)cc1)c1cccc(C#N)c1. The molecule has 0 saturated heterocycles. The van der Waals surface area contributed by atoms with Gasteiger partial charge in [-0.25, -0.2) is 0 Å². The van der Waals surface area contributed by atoms with Crippen molar-refractivity contribution in [2.45, 2.75) is 51.4 Å². The third-order valence-electron chi connectivity index (χ3n) is 6.11. The van der Waals surface area contributed by atoms with Crippen LogP contribution in [0.5, 0.6) is 0 Å². The zero-order chi connectivity index (χ0) is 20.6. The highest BCUT2D eigenvalue weighted by molar-refractivity contribution is 6.30. The number of nitriles is 1. The van der Waals surface area contributed by atoms with E-state index in [1.807, 2.05) is 30.3 Å². The number of benzene rings is 2. The molecule has 2 aromatic carbocycles. The van der Waals surface area contributed by atoms with Crippen molar-refractivity contribution in [2.75, 3.05) is 6.54 Å². The summed E-state index contributed by atoms with van der Waals surface area (Å²) in [6.07, 6.45) is 6.17. The molecule has 1 unspecified atom stereocenters. The van der Waals surface area contributed by atoms with Crippen molar-refractivity contribution >= 4 is 17.5 Å². The van der Waals surface area contributed by atoms with Crippen LogP contribution in [0.2, 0.25) is 5.02 Å². The number of amides is 1. The molecule has 4 heteroatoms. The van der Waals surface area contributed by atoms with Crippen LogP contribution in [0.4, 0.5) is 0 Å². The quantitative estimate of drug-likeness (QED) is 0.527. The molecule has 152 valence electrons. The fourth-order valence-corrected chi connectivity index (χ4v) is 4.14. The number of nitrogens with one attached hydrogen (secondary N) is 1. The maximum atomic E-state index is 12.0. The Balaban J connectivity index is 1.63. The number of hydrogen-bond donors (Lipinski definition) is 1. The van der Waals surface area contributed by atoms with E-state index >= 15 is 0 Å². The zero-order valence-corrected chi connectivity index (χ0v) is 17.8. The molecule has 1 aliphatic rings. The van der Waals surface area contributed by atoms with Gasteiger partial charge in [0.15, 0.2) is 0 Å². The van der Waals surface area contributed by atoms with Gasteiger partial charge in [0, 0.05) is 17.5 Å². The van der Waals surface area contributed by atoms with E-state index in [2.05, 4.69) is 36.5 Å². The van der Waals surface area contributed by atoms with Crippen LogP contribution < -0.4 is 5.32 Å². The van der Waals surface area contributed by atoms with Gasteiger partial charge >= 0.3 is 0 Å². The second kappa shape index (κ2) is 10.5. The highest BCUT2D eigenvalue weighted by Gasteiger charge is 2.25. The summed E-state index contributed by atoms with van der Waals surface area (Å²) in [6, 6.07) is 18.2.